The van der Waals surface area contributed by atoms with Crippen LogP contribution in [-0.4, -0.2) is 9.97 Å². The molecule has 26 heavy (non-hydrogen) atoms. The third kappa shape index (κ3) is 2.40. The lowest BCUT2D eigenvalue weighted by molar-refractivity contribution is -0.136. The van der Waals surface area contributed by atoms with Gasteiger partial charge in [0.25, 0.3) is 0 Å². The van der Waals surface area contributed by atoms with Gasteiger partial charge in [-0.05, 0) is 42.8 Å². The molecule has 2 aromatic carbocycles. The smallest absolute Gasteiger partial charge is 0.358 e. The maximum absolute atomic E-state index is 13.3. The average Bonchev–Trinajstić information content (AvgIpc) is 2.94. The van der Waals surface area contributed by atoms with Crippen LogP contribution < -0.4 is 0 Å². The second kappa shape index (κ2) is 5.60. The second-order valence-corrected chi connectivity index (χ2v) is 6.06. The van der Waals surface area contributed by atoms with Gasteiger partial charge in [-0.3, -0.25) is 4.98 Å². The third-order valence-electron chi connectivity index (χ3n) is 4.46. The molecule has 0 aliphatic rings. The van der Waals surface area contributed by atoms with Gasteiger partial charge in [0.05, 0.1) is 22.7 Å². The summed E-state index contributed by atoms with van der Waals surface area (Å²) in [7, 11) is 0. The summed E-state index contributed by atoms with van der Waals surface area (Å²) in [6, 6.07) is 13.1. The molecule has 0 aliphatic heterocycles. The number of para-hydroxylation sites is 1. The van der Waals surface area contributed by atoms with Crippen molar-refractivity contribution < 1.29 is 13.2 Å². The number of hydrogen-bond donors (Lipinski definition) is 1. The first-order valence-electron chi connectivity index (χ1n) is 7.88. The Bertz CT molecular complexity index is 1200. The lowest BCUT2D eigenvalue weighted by atomic mass is 9.96. The summed E-state index contributed by atoms with van der Waals surface area (Å²) in [4.78, 5) is 7.21. The second-order valence-electron chi connectivity index (χ2n) is 6.06. The van der Waals surface area contributed by atoms with Crippen LogP contribution in [0.5, 0.6) is 0 Å². The lowest BCUT2D eigenvalue weighted by Crippen LogP contribution is -2.06. The van der Waals surface area contributed by atoms with Crippen molar-refractivity contribution in [3.63, 3.8) is 0 Å². The SMILES string of the molecule is Cc1[nH]c2ccc(C#N)cc2c1-c1ccnc2c(C(F)(F)F)cccc12. The van der Waals surface area contributed by atoms with Crippen LogP contribution >= 0.6 is 0 Å². The van der Waals surface area contributed by atoms with E-state index in [4.69, 9.17) is 5.26 Å². The van der Waals surface area contributed by atoms with Crippen molar-refractivity contribution in [1.29, 1.82) is 5.26 Å². The molecule has 0 saturated carbocycles. The molecule has 0 spiro atoms. The summed E-state index contributed by atoms with van der Waals surface area (Å²) in [5.74, 6) is 0. The zero-order valence-corrected chi connectivity index (χ0v) is 13.6. The van der Waals surface area contributed by atoms with Gasteiger partial charge in [0.1, 0.15) is 0 Å². The monoisotopic (exact) mass is 351 g/mol. The number of rotatable bonds is 1. The molecule has 0 saturated heterocycles. The predicted molar refractivity (Wildman–Crippen MR) is 93.5 cm³/mol. The fraction of sp³-hybridized carbons (Fsp3) is 0.100. The highest BCUT2D eigenvalue weighted by Gasteiger charge is 2.33. The molecule has 0 amide bonds. The van der Waals surface area contributed by atoms with Gasteiger partial charge in [0.2, 0.25) is 0 Å². The summed E-state index contributed by atoms with van der Waals surface area (Å²) in [5, 5.41) is 10.4. The van der Waals surface area contributed by atoms with Crippen molar-refractivity contribution in [3.8, 4) is 17.2 Å². The molecule has 1 N–H and O–H groups in total. The summed E-state index contributed by atoms with van der Waals surface area (Å²) in [6.45, 7) is 1.86. The largest absolute Gasteiger partial charge is 0.418 e. The number of halogens is 3. The van der Waals surface area contributed by atoms with Gasteiger partial charge < -0.3 is 4.98 Å². The molecular weight excluding hydrogens is 339 g/mol. The van der Waals surface area contributed by atoms with Crippen LogP contribution in [0.3, 0.4) is 0 Å². The van der Waals surface area contributed by atoms with Crippen molar-refractivity contribution in [2.75, 3.05) is 0 Å². The molecule has 4 aromatic rings. The molecule has 128 valence electrons. The highest BCUT2D eigenvalue weighted by atomic mass is 19.4. The molecular formula is C20H12F3N3. The van der Waals surface area contributed by atoms with Crippen molar-refractivity contribution in [2.45, 2.75) is 13.1 Å². The maximum atomic E-state index is 13.3. The van der Waals surface area contributed by atoms with Crippen molar-refractivity contribution in [3.05, 3.63) is 65.5 Å². The molecule has 4 rings (SSSR count). The number of aromatic amines is 1. The molecule has 2 heterocycles. The van der Waals surface area contributed by atoms with E-state index in [1.807, 2.05) is 6.92 Å². The Hall–Kier alpha value is -3.33. The van der Waals surface area contributed by atoms with E-state index >= 15 is 0 Å². The van der Waals surface area contributed by atoms with Crippen LogP contribution in [0.2, 0.25) is 0 Å². The van der Waals surface area contributed by atoms with E-state index in [2.05, 4.69) is 16.0 Å². The number of aryl methyl sites for hydroxylation is 1. The van der Waals surface area contributed by atoms with Gasteiger partial charge in [0.15, 0.2) is 0 Å². The van der Waals surface area contributed by atoms with E-state index in [-0.39, 0.29) is 5.52 Å². The highest BCUT2D eigenvalue weighted by molar-refractivity contribution is 6.06. The van der Waals surface area contributed by atoms with E-state index < -0.39 is 11.7 Å². The normalized spacial score (nSPS) is 11.8. The predicted octanol–water partition coefficient (Wildman–Crippen LogP) is 5.58. The van der Waals surface area contributed by atoms with Gasteiger partial charge in [0, 0.05) is 33.7 Å². The molecule has 6 heteroatoms. The number of nitriles is 1. The Kier molecular flexibility index (Phi) is 3.48. The van der Waals surface area contributed by atoms with Gasteiger partial charge in [-0.25, -0.2) is 0 Å². The van der Waals surface area contributed by atoms with Crippen molar-refractivity contribution in [2.24, 2.45) is 0 Å². The lowest BCUT2D eigenvalue weighted by Gasteiger charge is -2.12. The molecule has 0 atom stereocenters. The first kappa shape index (κ1) is 16.2. The van der Waals surface area contributed by atoms with Gasteiger partial charge in [-0.1, -0.05) is 12.1 Å². The minimum Gasteiger partial charge on any atom is -0.358 e. The zero-order valence-electron chi connectivity index (χ0n) is 13.6. The molecule has 0 radical (unpaired) electrons. The number of nitrogens with zero attached hydrogens (tertiary/aromatic N) is 2. The number of aromatic nitrogens is 2. The number of nitrogens with one attached hydrogen (secondary N) is 1. The minimum absolute atomic E-state index is 0.0808. The Labute approximate surface area is 146 Å². The molecule has 2 aromatic heterocycles. The van der Waals surface area contributed by atoms with Crippen LogP contribution in [0.1, 0.15) is 16.8 Å². The molecule has 3 nitrogen and oxygen atoms in total. The van der Waals surface area contributed by atoms with Gasteiger partial charge >= 0.3 is 6.18 Å². The summed E-state index contributed by atoms with van der Waals surface area (Å²) in [6.07, 6.45) is -3.09. The van der Waals surface area contributed by atoms with E-state index in [1.54, 1.807) is 30.3 Å². The highest BCUT2D eigenvalue weighted by Crippen LogP contribution is 2.40. The number of H-pyrrole nitrogens is 1. The molecule has 0 fully saturated rings. The Morgan fingerprint density at radius 2 is 1.88 bits per heavy atom. The fourth-order valence-corrected chi connectivity index (χ4v) is 3.37. The summed E-state index contributed by atoms with van der Waals surface area (Å²) < 4.78 is 40.0. The van der Waals surface area contributed by atoms with Crippen molar-refractivity contribution in [1.82, 2.24) is 9.97 Å². The Morgan fingerprint density at radius 1 is 1.08 bits per heavy atom. The first-order valence-corrected chi connectivity index (χ1v) is 7.88. The number of pyridine rings is 1. The summed E-state index contributed by atoms with van der Waals surface area (Å²) in [5.41, 5.74) is 2.74. The first-order chi connectivity index (χ1) is 12.4. The molecule has 0 bridgehead atoms. The fourth-order valence-electron chi connectivity index (χ4n) is 3.37. The number of alkyl halides is 3. The quantitative estimate of drug-likeness (QED) is 0.486. The number of benzene rings is 2. The van der Waals surface area contributed by atoms with Crippen LogP contribution in [0, 0.1) is 18.3 Å². The van der Waals surface area contributed by atoms with Crippen LogP contribution in [-0.2, 0) is 6.18 Å². The van der Waals surface area contributed by atoms with Crippen LogP contribution in [0.15, 0.2) is 48.7 Å². The van der Waals surface area contributed by atoms with E-state index in [0.29, 0.717) is 16.5 Å². The maximum Gasteiger partial charge on any atom is 0.418 e. The number of fused-ring (bicyclic) bond motifs is 2. The van der Waals surface area contributed by atoms with Gasteiger partial charge in [-0.2, -0.15) is 18.4 Å². The molecule has 0 unspecified atom stereocenters. The minimum atomic E-state index is -4.48. The topological polar surface area (TPSA) is 52.5 Å². The van der Waals surface area contributed by atoms with E-state index in [9.17, 15) is 13.2 Å². The molecule has 0 aliphatic carbocycles. The van der Waals surface area contributed by atoms with E-state index in [1.165, 1.54) is 12.3 Å². The van der Waals surface area contributed by atoms with Gasteiger partial charge in [-0.15, -0.1) is 0 Å². The Balaban J connectivity index is 2.09. The average molecular weight is 351 g/mol. The van der Waals surface area contributed by atoms with Crippen LogP contribution in [0.25, 0.3) is 32.9 Å². The zero-order chi connectivity index (χ0) is 18.5. The summed E-state index contributed by atoms with van der Waals surface area (Å²) >= 11 is 0. The number of hydrogen-bond acceptors (Lipinski definition) is 2. The van der Waals surface area contributed by atoms with E-state index in [0.717, 1.165) is 28.2 Å². The standard InChI is InChI=1S/C20H12F3N3/c1-11-18(15-9-12(10-24)5-6-17(15)26-11)13-7-8-25-19-14(13)3-2-4-16(19)20(21,22)23/h2-9,26H,1H3. The Morgan fingerprint density at radius 3 is 2.62 bits per heavy atom. The third-order valence-corrected chi connectivity index (χ3v) is 4.46. The van der Waals surface area contributed by atoms with Crippen molar-refractivity contribution >= 4 is 21.8 Å². The van der Waals surface area contributed by atoms with Crippen LogP contribution in [0.4, 0.5) is 13.2 Å².